The number of benzene rings is 1. The van der Waals surface area contributed by atoms with Crippen molar-refractivity contribution in [1.82, 2.24) is 15.5 Å². The number of nitrogens with zero attached hydrogens (tertiary/aromatic N) is 1. The number of amides is 3. The fraction of sp³-hybridized carbons (Fsp3) is 0.565. The molecule has 1 aromatic carbocycles. The molecule has 1 aliphatic rings. The van der Waals surface area contributed by atoms with E-state index in [4.69, 9.17) is 5.73 Å². The number of nitrogens with two attached hydrogens (primary N) is 1. The van der Waals surface area contributed by atoms with E-state index < -0.39 is 48.0 Å². The van der Waals surface area contributed by atoms with Crippen molar-refractivity contribution in [3.63, 3.8) is 0 Å². The van der Waals surface area contributed by atoms with Crippen LogP contribution in [0.25, 0.3) is 0 Å². The highest BCUT2D eigenvalue weighted by Crippen LogP contribution is 2.20. The first-order chi connectivity index (χ1) is 16.5. The van der Waals surface area contributed by atoms with Crippen LogP contribution in [0.3, 0.4) is 0 Å². The van der Waals surface area contributed by atoms with Crippen molar-refractivity contribution in [1.29, 1.82) is 0 Å². The lowest BCUT2D eigenvalue weighted by Gasteiger charge is -2.29. The van der Waals surface area contributed by atoms with Gasteiger partial charge in [0.1, 0.15) is 6.04 Å². The lowest BCUT2D eigenvalue weighted by atomic mass is 10.0. The Bertz CT molecular complexity index is 882. The average Bonchev–Trinajstić information content (AvgIpc) is 3.30. The van der Waals surface area contributed by atoms with E-state index in [1.807, 2.05) is 30.3 Å². The second kappa shape index (κ2) is 13.1. The molecule has 194 valence electrons. The zero-order valence-electron chi connectivity index (χ0n) is 19.2. The van der Waals surface area contributed by atoms with Crippen LogP contribution in [0.2, 0.25) is 0 Å². The first kappa shape index (κ1) is 28.1. The number of carboxylic acid groups (broad SMARTS) is 1. The fourth-order valence-electron chi connectivity index (χ4n) is 4.05. The Morgan fingerprint density at radius 3 is 2.37 bits per heavy atom. The molecule has 0 aliphatic carbocycles. The topological polar surface area (TPSA) is 142 Å². The summed E-state index contributed by atoms with van der Waals surface area (Å²) in [5.74, 6) is -4.34. The molecule has 0 saturated carbocycles. The van der Waals surface area contributed by atoms with Gasteiger partial charge in [-0.2, -0.15) is 13.2 Å². The smallest absolute Gasteiger partial charge is 0.471 e. The van der Waals surface area contributed by atoms with E-state index in [1.54, 1.807) is 5.32 Å². The molecule has 9 nitrogen and oxygen atoms in total. The molecular weight excluding hydrogens is 469 g/mol. The minimum absolute atomic E-state index is 0.124. The molecule has 12 heteroatoms. The largest absolute Gasteiger partial charge is 0.480 e. The molecule has 0 radical (unpaired) electrons. The Balaban J connectivity index is 2.04. The maximum atomic E-state index is 13.2. The van der Waals surface area contributed by atoms with Crippen molar-refractivity contribution < 1.29 is 37.5 Å². The van der Waals surface area contributed by atoms with Gasteiger partial charge in [-0.3, -0.25) is 19.7 Å². The van der Waals surface area contributed by atoms with E-state index in [9.17, 15) is 37.5 Å². The maximum absolute atomic E-state index is 13.2. The van der Waals surface area contributed by atoms with Crippen molar-refractivity contribution in [3.8, 4) is 0 Å². The van der Waals surface area contributed by atoms with Crippen LogP contribution in [0, 0.1) is 0 Å². The molecule has 1 heterocycles. The van der Waals surface area contributed by atoms with E-state index in [-0.39, 0.29) is 32.4 Å². The third-order valence-electron chi connectivity index (χ3n) is 5.89. The number of hydrogen-bond acceptors (Lipinski definition) is 5. The lowest BCUT2D eigenvalue weighted by Crippen LogP contribution is -2.55. The molecule has 0 aromatic heterocycles. The minimum Gasteiger partial charge on any atom is -0.480 e. The number of hydrogen-bond donors (Lipinski definition) is 4. The van der Waals surface area contributed by atoms with Crippen molar-refractivity contribution in [2.75, 3.05) is 13.1 Å². The number of aliphatic carboxylic acids is 1. The number of primary amides is 1. The third-order valence-corrected chi connectivity index (χ3v) is 5.89. The van der Waals surface area contributed by atoms with Crippen LogP contribution < -0.4 is 16.4 Å². The van der Waals surface area contributed by atoms with Crippen molar-refractivity contribution in [3.05, 3.63) is 35.9 Å². The molecule has 0 bridgehead atoms. The number of nitrogens with one attached hydrogen (secondary N) is 2. The Labute approximate surface area is 201 Å². The number of carboxylic acids is 1. The summed E-state index contributed by atoms with van der Waals surface area (Å²) < 4.78 is 37.0. The molecular formula is C23H31F3N4O5. The Hall–Kier alpha value is -3.15. The van der Waals surface area contributed by atoms with Gasteiger partial charge in [0.2, 0.25) is 11.8 Å². The number of carbonyl (C=O) groups is 4. The van der Waals surface area contributed by atoms with E-state index in [2.05, 4.69) is 5.32 Å². The first-order valence-corrected chi connectivity index (χ1v) is 11.5. The molecule has 0 unspecified atom stereocenters. The van der Waals surface area contributed by atoms with Crippen LogP contribution in [0.1, 0.15) is 44.1 Å². The van der Waals surface area contributed by atoms with Crippen molar-refractivity contribution in [2.24, 2.45) is 5.73 Å². The molecule has 1 fully saturated rings. The molecule has 3 atom stereocenters. The maximum Gasteiger partial charge on any atom is 0.471 e. The van der Waals surface area contributed by atoms with E-state index in [0.717, 1.165) is 5.56 Å². The van der Waals surface area contributed by atoms with Gasteiger partial charge in [0.05, 0.1) is 12.1 Å². The zero-order valence-corrected chi connectivity index (χ0v) is 19.2. The van der Waals surface area contributed by atoms with E-state index in [0.29, 0.717) is 25.7 Å². The lowest BCUT2D eigenvalue weighted by molar-refractivity contribution is -0.173. The van der Waals surface area contributed by atoms with Gasteiger partial charge in [-0.15, -0.1) is 0 Å². The van der Waals surface area contributed by atoms with Gasteiger partial charge in [-0.1, -0.05) is 30.3 Å². The van der Waals surface area contributed by atoms with E-state index >= 15 is 0 Å². The third kappa shape index (κ3) is 8.85. The number of unbranched alkanes of at least 4 members (excludes halogenated alkanes) is 1. The number of carbonyl (C=O) groups excluding carboxylic acids is 3. The van der Waals surface area contributed by atoms with Crippen LogP contribution in [0.5, 0.6) is 0 Å². The number of likely N-dealkylation sites (tertiary alicyclic amines) is 1. The highest BCUT2D eigenvalue weighted by Gasteiger charge is 2.39. The standard InChI is InChI=1S/C23H31F3N4O5/c24-23(25,26)22(35)28-13-5-4-9-17(20(32)30-14-6-10-18(30)21(33)34)29-16(19(27)31)12-11-15-7-2-1-3-8-15/h1-3,7-8,16-18,29H,4-6,9-14H2,(H2,27,31)(H,28,35)(H,33,34)/t16-,17-,18-/m0/s1. The normalized spacial score (nSPS) is 17.6. The molecule has 1 saturated heterocycles. The summed E-state index contributed by atoms with van der Waals surface area (Å²) in [6, 6.07) is 6.52. The molecule has 0 spiro atoms. The summed E-state index contributed by atoms with van der Waals surface area (Å²) in [4.78, 5) is 49.1. The van der Waals surface area contributed by atoms with Gasteiger partial charge < -0.3 is 21.1 Å². The van der Waals surface area contributed by atoms with Gasteiger partial charge in [0, 0.05) is 13.1 Å². The predicted octanol–water partition coefficient (Wildman–Crippen LogP) is 1.36. The van der Waals surface area contributed by atoms with E-state index in [1.165, 1.54) is 4.90 Å². The van der Waals surface area contributed by atoms with Crippen LogP contribution in [-0.4, -0.2) is 71.1 Å². The van der Waals surface area contributed by atoms with Gasteiger partial charge >= 0.3 is 18.1 Å². The SMILES string of the molecule is NC(=O)[C@H](CCc1ccccc1)N[C@@H](CCCCNC(=O)C(F)(F)F)C(=O)N1CCC[C@H]1C(=O)O. The van der Waals surface area contributed by atoms with Crippen LogP contribution >= 0.6 is 0 Å². The summed E-state index contributed by atoms with van der Waals surface area (Å²) in [7, 11) is 0. The Kier molecular flexibility index (Phi) is 10.5. The molecule has 1 aromatic rings. The molecule has 3 amide bonds. The second-order valence-corrected chi connectivity index (χ2v) is 8.48. The summed E-state index contributed by atoms with van der Waals surface area (Å²) in [5, 5.41) is 14.2. The minimum atomic E-state index is -4.98. The highest BCUT2D eigenvalue weighted by atomic mass is 19.4. The monoisotopic (exact) mass is 500 g/mol. The summed E-state index contributed by atoms with van der Waals surface area (Å²) >= 11 is 0. The van der Waals surface area contributed by atoms with Crippen molar-refractivity contribution in [2.45, 2.75) is 69.2 Å². The molecule has 1 aliphatic heterocycles. The quantitative estimate of drug-likeness (QED) is 0.301. The van der Waals surface area contributed by atoms with Gasteiger partial charge in [-0.25, -0.2) is 4.79 Å². The Morgan fingerprint density at radius 1 is 1.09 bits per heavy atom. The van der Waals surface area contributed by atoms with Gasteiger partial charge in [0.15, 0.2) is 0 Å². The second-order valence-electron chi connectivity index (χ2n) is 8.48. The molecule has 5 N–H and O–H groups in total. The highest BCUT2D eigenvalue weighted by molar-refractivity contribution is 5.88. The summed E-state index contributed by atoms with van der Waals surface area (Å²) in [6.07, 6.45) is -2.82. The number of halogens is 3. The van der Waals surface area contributed by atoms with Crippen LogP contribution in [0.15, 0.2) is 30.3 Å². The fourth-order valence-corrected chi connectivity index (χ4v) is 4.05. The number of alkyl halides is 3. The average molecular weight is 501 g/mol. The van der Waals surface area contributed by atoms with Gasteiger partial charge in [-0.05, 0) is 50.5 Å². The Morgan fingerprint density at radius 2 is 1.77 bits per heavy atom. The van der Waals surface area contributed by atoms with Crippen molar-refractivity contribution >= 4 is 23.7 Å². The zero-order chi connectivity index (χ0) is 26.0. The predicted molar refractivity (Wildman–Crippen MR) is 120 cm³/mol. The van der Waals surface area contributed by atoms with Crippen LogP contribution in [0.4, 0.5) is 13.2 Å². The van der Waals surface area contributed by atoms with Crippen LogP contribution in [-0.2, 0) is 25.6 Å². The van der Waals surface area contributed by atoms with Gasteiger partial charge in [0.25, 0.3) is 0 Å². The number of rotatable bonds is 13. The summed E-state index contributed by atoms with van der Waals surface area (Å²) in [6.45, 7) is 0.00878. The number of aryl methyl sites for hydroxylation is 1. The molecule has 35 heavy (non-hydrogen) atoms. The molecule has 2 rings (SSSR count). The summed E-state index contributed by atoms with van der Waals surface area (Å²) in [5.41, 5.74) is 6.52. The first-order valence-electron chi connectivity index (χ1n) is 11.5.